The Balaban J connectivity index is 2.42. The predicted molar refractivity (Wildman–Crippen MR) is 65.9 cm³/mol. The fourth-order valence-corrected chi connectivity index (χ4v) is 1.16. The van der Waals surface area contributed by atoms with E-state index in [9.17, 15) is 0 Å². The lowest BCUT2D eigenvalue weighted by Crippen LogP contribution is -2.18. The molecule has 1 rings (SSSR count). The molecule has 0 aliphatic rings. The molecule has 0 radical (unpaired) electrons. The molecule has 0 saturated carbocycles. The monoisotopic (exact) mass is 204 g/mol. The van der Waals surface area contributed by atoms with E-state index in [2.05, 4.69) is 64.1 Å². The molecule has 0 aliphatic carbocycles. The third-order valence-corrected chi connectivity index (χ3v) is 2.00. The summed E-state index contributed by atoms with van der Waals surface area (Å²) >= 11 is 0. The van der Waals surface area contributed by atoms with E-state index in [1.165, 1.54) is 11.1 Å². The van der Waals surface area contributed by atoms with Crippen LogP contribution in [0.1, 0.15) is 31.9 Å². The molecule has 0 saturated heterocycles. The van der Waals surface area contributed by atoms with Crippen molar-refractivity contribution in [2.24, 2.45) is 0 Å². The zero-order chi connectivity index (χ0) is 11.3. The molecule has 0 amide bonds. The van der Waals surface area contributed by atoms with Crippen molar-refractivity contribution >= 4 is 6.08 Å². The molecule has 1 heteroatoms. The highest BCUT2D eigenvalue weighted by Gasteiger charge is 2.07. The van der Waals surface area contributed by atoms with E-state index >= 15 is 0 Å². The topological polar surface area (TPSA) is 9.23 Å². The van der Waals surface area contributed by atoms with Gasteiger partial charge in [-0.3, -0.25) is 0 Å². The Hall–Kier alpha value is -1.08. The largest absolute Gasteiger partial charge is 0.372 e. The molecule has 0 heterocycles. The minimum absolute atomic E-state index is 0.0579. The molecule has 0 unspecified atom stereocenters. The number of hydrogen-bond acceptors (Lipinski definition) is 1. The van der Waals surface area contributed by atoms with Crippen molar-refractivity contribution in [3.8, 4) is 0 Å². The maximum Gasteiger partial charge on any atom is 0.0657 e. The average molecular weight is 204 g/mol. The molecule has 82 valence electrons. The van der Waals surface area contributed by atoms with E-state index in [-0.39, 0.29) is 5.60 Å². The lowest BCUT2D eigenvalue weighted by Gasteiger charge is -2.17. The average Bonchev–Trinajstić information content (AvgIpc) is 2.14. The fraction of sp³-hybridized carbons (Fsp3) is 0.429. The van der Waals surface area contributed by atoms with E-state index in [1.807, 2.05) is 0 Å². The maximum absolute atomic E-state index is 5.59. The van der Waals surface area contributed by atoms with Gasteiger partial charge in [0.1, 0.15) is 0 Å². The summed E-state index contributed by atoms with van der Waals surface area (Å²) in [6, 6.07) is 8.46. The van der Waals surface area contributed by atoms with Gasteiger partial charge in [0, 0.05) is 0 Å². The van der Waals surface area contributed by atoms with E-state index in [0.29, 0.717) is 6.61 Å². The standard InChI is InChI=1S/C14H20O/c1-12-7-9-13(10-8-12)6-5-11-15-14(2,3)4/h5-10H,11H2,1-4H3. The van der Waals surface area contributed by atoms with Crippen molar-refractivity contribution in [2.75, 3.05) is 6.61 Å². The molecule has 0 fully saturated rings. The number of hydrogen-bond donors (Lipinski definition) is 0. The van der Waals surface area contributed by atoms with Gasteiger partial charge in [-0.25, -0.2) is 0 Å². The molecule has 0 atom stereocenters. The maximum atomic E-state index is 5.59. The van der Waals surface area contributed by atoms with Crippen LogP contribution in [-0.4, -0.2) is 12.2 Å². The third kappa shape index (κ3) is 5.38. The zero-order valence-electron chi connectivity index (χ0n) is 10.1. The van der Waals surface area contributed by atoms with Gasteiger partial charge in [0.15, 0.2) is 0 Å². The highest BCUT2D eigenvalue weighted by molar-refractivity contribution is 5.49. The quantitative estimate of drug-likeness (QED) is 0.727. The van der Waals surface area contributed by atoms with E-state index in [4.69, 9.17) is 4.74 Å². The van der Waals surface area contributed by atoms with E-state index in [0.717, 1.165) is 0 Å². The van der Waals surface area contributed by atoms with Gasteiger partial charge >= 0.3 is 0 Å². The number of ether oxygens (including phenoxy) is 1. The molecule has 15 heavy (non-hydrogen) atoms. The first-order valence-corrected chi connectivity index (χ1v) is 5.34. The zero-order valence-corrected chi connectivity index (χ0v) is 10.1. The summed E-state index contributed by atoms with van der Waals surface area (Å²) in [6.07, 6.45) is 4.14. The van der Waals surface area contributed by atoms with Crippen molar-refractivity contribution < 1.29 is 4.74 Å². The Morgan fingerprint density at radius 2 is 1.73 bits per heavy atom. The number of rotatable bonds is 3. The molecule has 0 aromatic heterocycles. The first-order valence-electron chi connectivity index (χ1n) is 5.34. The smallest absolute Gasteiger partial charge is 0.0657 e. The Bertz CT molecular complexity index is 314. The van der Waals surface area contributed by atoms with Crippen LogP contribution < -0.4 is 0 Å². The highest BCUT2D eigenvalue weighted by Crippen LogP contribution is 2.08. The molecule has 0 N–H and O–H groups in total. The second kappa shape index (κ2) is 5.13. The van der Waals surface area contributed by atoms with E-state index in [1.54, 1.807) is 0 Å². The van der Waals surface area contributed by atoms with Gasteiger partial charge in [-0.2, -0.15) is 0 Å². The van der Waals surface area contributed by atoms with Crippen LogP contribution in [-0.2, 0) is 4.74 Å². The Morgan fingerprint density at radius 1 is 1.13 bits per heavy atom. The van der Waals surface area contributed by atoms with Crippen LogP contribution in [0.15, 0.2) is 30.3 Å². The fourth-order valence-electron chi connectivity index (χ4n) is 1.16. The summed E-state index contributed by atoms with van der Waals surface area (Å²) in [7, 11) is 0. The lowest BCUT2D eigenvalue weighted by molar-refractivity contribution is 0.0152. The Morgan fingerprint density at radius 3 is 2.27 bits per heavy atom. The van der Waals surface area contributed by atoms with Gasteiger partial charge in [0.2, 0.25) is 0 Å². The normalized spacial score (nSPS) is 12.3. The number of aryl methyl sites for hydroxylation is 1. The molecule has 0 bridgehead atoms. The van der Waals surface area contributed by atoms with Gasteiger partial charge in [0.05, 0.1) is 12.2 Å². The molecular formula is C14H20O. The second-order valence-corrected chi connectivity index (χ2v) is 4.74. The molecular weight excluding hydrogens is 184 g/mol. The van der Waals surface area contributed by atoms with Crippen molar-refractivity contribution in [2.45, 2.75) is 33.3 Å². The first-order chi connectivity index (χ1) is 6.97. The minimum Gasteiger partial charge on any atom is -0.372 e. The summed E-state index contributed by atoms with van der Waals surface area (Å²) in [6.45, 7) is 8.94. The Kier molecular flexibility index (Phi) is 4.10. The van der Waals surface area contributed by atoms with Gasteiger partial charge < -0.3 is 4.74 Å². The molecule has 1 aromatic rings. The molecule has 0 spiro atoms. The predicted octanol–water partition coefficient (Wildman–Crippen LogP) is 3.82. The van der Waals surface area contributed by atoms with Gasteiger partial charge in [-0.15, -0.1) is 0 Å². The minimum atomic E-state index is -0.0579. The van der Waals surface area contributed by atoms with Crippen LogP contribution in [0.4, 0.5) is 0 Å². The first kappa shape index (κ1) is 12.0. The van der Waals surface area contributed by atoms with E-state index < -0.39 is 0 Å². The van der Waals surface area contributed by atoms with Crippen molar-refractivity contribution in [1.29, 1.82) is 0 Å². The molecule has 1 nitrogen and oxygen atoms in total. The molecule has 1 aromatic carbocycles. The molecule has 0 aliphatic heterocycles. The second-order valence-electron chi connectivity index (χ2n) is 4.74. The lowest BCUT2D eigenvalue weighted by atomic mass is 10.1. The third-order valence-electron chi connectivity index (χ3n) is 2.00. The van der Waals surface area contributed by atoms with Crippen molar-refractivity contribution in [1.82, 2.24) is 0 Å². The summed E-state index contributed by atoms with van der Waals surface area (Å²) in [5, 5.41) is 0. The number of benzene rings is 1. The Labute approximate surface area is 92.8 Å². The van der Waals surface area contributed by atoms with Crippen molar-refractivity contribution in [3.05, 3.63) is 41.5 Å². The van der Waals surface area contributed by atoms with Crippen LogP contribution in [0.2, 0.25) is 0 Å². The SMILES string of the molecule is Cc1ccc(C=CCOC(C)(C)C)cc1. The van der Waals surface area contributed by atoms with Crippen LogP contribution >= 0.6 is 0 Å². The summed E-state index contributed by atoms with van der Waals surface area (Å²) in [4.78, 5) is 0. The summed E-state index contributed by atoms with van der Waals surface area (Å²) < 4.78 is 5.59. The van der Waals surface area contributed by atoms with Crippen LogP contribution in [0, 0.1) is 6.92 Å². The van der Waals surface area contributed by atoms with Gasteiger partial charge in [0.25, 0.3) is 0 Å². The van der Waals surface area contributed by atoms with Crippen molar-refractivity contribution in [3.63, 3.8) is 0 Å². The van der Waals surface area contributed by atoms with Gasteiger partial charge in [-0.05, 0) is 33.3 Å². The summed E-state index contributed by atoms with van der Waals surface area (Å²) in [5.74, 6) is 0. The van der Waals surface area contributed by atoms with Gasteiger partial charge in [-0.1, -0.05) is 42.0 Å². The van der Waals surface area contributed by atoms with Crippen LogP contribution in [0.3, 0.4) is 0 Å². The van der Waals surface area contributed by atoms with Crippen LogP contribution in [0.5, 0.6) is 0 Å². The van der Waals surface area contributed by atoms with Crippen LogP contribution in [0.25, 0.3) is 6.08 Å². The summed E-state index contributed by atoms with van der Waals surface area (Å²) in [5.41, 5.74) is 2.45. The highest BCUT2D eigenvalue weighted by atomic mass is 16.5.